The Morgan fingerprint density at radius 3 is 2.40 bits per heavy atom. The standard InChI is InChI=1S/C12H14N2O/c15-12(11-6-2-1-3-7-11)10-13-14-8-4-5-9-14/h1-9,12-13,15H,10H2. The lowest BCUT2D eigenvalue weighted by Crippen LogP contribution is -2.19. The number of nitrogens with one attached hydrogen (secondary N) is 1. The van der Waals surface area contributed by atoms with Crippen LogP contribution in [0, 0.1) is 0 Å². The van der Waals surface area contributed by atoms with E-state index in [9.17, 15) is 5.11 Å². The van der Waals surface area contributed by atoms with Gasteiger partial charge in [0, 0.05) is 12.4 Å². The van der Waals surface area contributed by atoms with E-state index in [0.29, 0.717) is 6.54 Å². The van der Waals surface area contributed by atoms with Gasteiger partial charge in [0.2, 0.25) is 0 Å². The molecule has 0 aliphatic carbocycles. The van der Waals surface area contributed by atoms with E-state index in [1.807, 2.05) is 59.5 Å². The van der Waals surface area contributed by atoms with Gasteiger partial charge in [-0.2, -0.15) is 0 Å². The van der Waals surface area contributed by atoms with Crippen molar-refractivity contribution in [1.29, 1.82) is 0 Å². The van der Waals surface area contributed by atoms with Crippen LogP contribution in [0.25, 0.3) is 0 Å². The summed E-state index contributed by atoms with van der Waals surface area (Å²) in [5.74, 6) is 0. The third-order valence-electron chi connectivity index (χ3n) is 2.26. The minimum absolute atomic E-state index is 0.478. The molecular weight excluding hydrogens is 188 g/mol. The molecule has 15 heavy (non-hydrogen) atoms. The summed E-state index contributed by atoms with van der Waals surface area (Å²) in [5, 5.41) is 9.84. The average Bonchev–Trinajstić information content (AvgIpc) is 2.80. The number of benzene rings is 1. The maximum absolute atomic E-state index is 9.84. The minimum atomic E-state index is -0.478. The lowest BCUT2D eigenvalue weighted by molar-refractivity contribution is 0.188. The summed E-state index contributed by atoms with van der Waals surface area (Å²) in [4.78, 5) is 0. The number of aliphatic hydroxyl groups is 1. The number of hydrogen-bond acceptors (Lipinski definition) is 2. The minimum Gasteiger partial charge on any atom is -0.387 e. The van der Waals surface area contributed by atoms with Gasteiger partial charge in [-0.1, -0.05) is 30.3 Å². The van der Waals surface area contributed by atoms with Gasteiger partial charge in [0.25, 0.3) is 0 Å². The Balaban J connectivity index is 1.90. The summed E-state index contributed by atoms with van der Waals surface area (Å²) in [5.41, 5.74) is 4.02. The lowest BCUT2D eigenvalue weighted by atomic mass is 10.1. The molecule has 2 N–H and O–H groups in total. The Hall–Kier alpha value is -1.74. The van der Waals surface area contributed by atoms with Crippen LogP contribution in [0.1, 0.15) is 11.7 Å². The van der Waals surface area contributed by atoms with Crippen molar-refractivity contribution in [1.82, 2.24) is 4.68 Å². The van der Waals surface area contributed by atoms with E-state index < -0.39 is 6.10 Å². The second-order valence-corrected chi connectivity index (χ2v) is 3.38. The van der Waals surface area contributed by atoms with Gasteiger partial charge in [-0.15, -0.1) is 0 Å². The van der Waals surface area contributed by atoms with Crippen LogP contribution >= 0.6 is 0 Å². The van der Waals surface area contributed by atoms with Gasteiger partial charge in [0.05, 0.1) is 12.6 Å². The second kappa shape index (κ2) is 4.66. The van der Waals surface area contributed by atoms with E-state index >= 15 is 0 Å². The van der Waals surface area contributed by atoms with Crippen LogP contribution in [0.15, 0.2) is 54.9 Å². The molecule has 1 heterocycles. The second-order valence-electron chi connectivity index (χ2n) is 3.38. The van der Waals surface area contributed by atoms with Crippen molar-refractivity contribution in [2.45, 2.75) is 6.10 Å². The first-order chi connectivity index (χ1) is 7.36. The third-order valence-corrected chi connectivity index (χ3v) is 2.26. The molecule has 1 unspecified atom stereocenters. The molecule has 3 heteroatoms. The first kappa shape index (κ1) is 9.80. The Bertz CT molecular complexity index is 383. The van der Waals surface area contributed by atoms with Crippen molar-refractivity contribution in [2.24, 2.45) is 0 Å². The summed E-state index contributed by atoms with van der Waals surface area (Å²) in [6.45, 7) is 0.499. The largest absolute Gasteiger partial charge is 0.387 e. The van der Waals surface area contributed by atoms with Gasteiger partial charge in [-0.3, -0.25) is 4.68 Å². The van der Waals surface area contributed by atoms with E-state index in [-0.39, 0.29) is 0 Å². The fraction of sp³-hybridized carbons (Fsp3) is 0.167. The van der Waals surface area contributed by atoms with Crippen LogP contribution in [0.4, 0.5) is 0 Å². The number of aromatic nitrogens is 1. The molecule has 0 amide bonds. The van der Waals surface area contributed by atoms with Gasteiger partial charge in [-0.05, 0) is 17.7 Å². The molecule has 0 saturated carbocycles. The van der Waals surface area contributed by atoms with Crippen LogP contribution < -0.4 is 5.43 Å². The molecule has 0 spiro atoms. The Morgan fingerprint density at radius 1 is 1.07 bits per heavy atom. The fourth-order valence-electron chi connectivity index (χ4n) is 1.42. The molecule has 0 aliphatic heterocycles. The van der Waals surface area contributed by atoms with Crippen LogP contribution in [-0.4, -0.2) is 16.3 Å². The van der Waals surface area contributed by atoms with Gasteiger partial charge in [0.15, 0.2) is 0 Å². The Kier molecular flexibility index (Phi) is 3.05. The van der Waals surface area contributed by atoms with Crippen molar-refractivity contribution in [3.63, 3.8) is 0 Å². The molecule has 1 aromatic carbocycles. The fourth-order valence-corrected chi connectivity index (χ4v) is 1.42. The lowest BCUT2D eigenvalue weighted by Gasteiger charge is -2.13. The van der Waals surface area contributed by atoms with Crippen LogP contribution in [0.3, 0.4) is 0 Å². The first-order valence-electron chi connectivity index (χ1n) is 4.96. The zero-order valence-corrected chi connectivity index (χ0v) is 8.38. The summed E-state index contributed by atoms with van der Waals surface area (Å²) in [6, 6.07) is 13.5. The highest BCUT2D eigenvalue weighted by atomic mass is 16.3. The van der Waals surface area contributed by atoms with Crippen molar-refractivity contribution in [3.8, 4) is 0 Å². The smallest absolute Gasteiger partial charge is 0.0978 e. The zero-order valence-electron chi connectivity index (χ0n) is 8.38. The number of aliphatic hydroxyl groups excluding tert-OH is 1. The molecule has 0 radical (unpaired) electrons. The predicted octanol–water partition coefficient (Wildman–Crippen LogP) is 1.77. The molecule has 0 aliphatic rings. The quantitative estimate of drug-likeness (QED) is 0.792. The molecular formula is C12H14N2O. The summed E-state index contributed by atoms with van der Waals surface area (Å²) >= 11 is 0. The normalized spacial score (nSPS) is 12.3. The maximum atomic E-state index is 9.84. The molecule has 0 saturated heterocycles. The van der Waals surface area contributed by atoms with Crippen molar-refractivity contribution in [3.05, 3.63) is 60.4 Å². The molecule has 1 aromatic heterocycles. The summed E-state index contributed by atoms with van der Waals surface area (Å²) in [6.07, 6.45) is 3.32. The molecule has 2 rings (SSSR count). The summed E-state index contributed by atoms with van der Waals surface area (Å²) < 4.78 is 1.83. The van der Waals surface area contributed by atoms with E-state index in [1.54, 1.807) is 0 Å². The van der Waals surface area contributed by atoms with E-state index in [0.717, 1.165) is 5.56 Å². The third kappa shape index (κ3) is 2.60. The van der Waals surface area contributed by atoms with Gasteiger partial charge in [-0.25, -0.2) is 0 Å². The van der Waals surface area contributed by atoms with Gasteiger partial charge >= 0.3 is 0 Å². The van der Waals surface area contributed by atoms with Crippen LogP contribution in [0.5, 0.6) is 0 Å². The first-order valence-corrected chi connectivity index (χ1v) is 4.96. The van der Waals surface area contributed by atoms with E-state index in [1.165, 1.54) is 0 Å². The molecule has 3 nitrogen and oxygen atoms in total. The van der Waals surface area contributed by atoms with Crippen LogP contribution in [0.2, 0.25) is 0 Å². The highest BCUT2D eigenvalue weighted by Gasteiger charge is 2.05. The highest BCUT2D eigenvalue weighted by molar-refractivity contribution is 5.18. The summed E-state index contributed by atoms with van der Waals surface area (Å²) in [7, 11) is 0. The average molecular weight is 202 g/mol. The van der Waals surface area contributed by atoms with Crippen molar-refractivity contribution < 1.29 is 5.11 Å². The zero-order chi connectivity index (χ0) is 10.5. The molecule has 0 fully saturated rings. The molecule has 2 aromatic rings. The van der Waals surface area contributed by atoms with Crippen molar-refractivity contribution >= 4 is 0 Å². The van der Waals surface area contributed by atoms with Gasteiger partial charge < -0.3 is 10.5 Å². The topological polar surface area (TPSA) is 37.2 Å². The van der Waals surface area contributed by atoms with Crippen molar-refractivity contribution in [2.75, 3.05) is 12.0 Å². The van der Waals surface area contributed by atoms with E-state index in [2.05, 4.69) is 5.43 Å². The SMILES string of the molecule is OC(CNn1cccc1)c1ccccc1. The molecule has 0 bridgehead atoms. The Morgan fingerprint density at radius 2 is 1.73 bits per heavy atom. The maximum Gasteiger partial charge on any atom is 0.0978 e. The molecule has 78 valence electrons. The highest BCUT2D eigenvalue weighted by Crippen LogP contribution is 2.10. The van der Waals surface area contributed by atoms with Gasteiger partial charge in [0.1, 0.15) is 0 Å². The van der Waals surface area contributed by atoms with Crippen LogP contribution in [-0.2, 0) is 0 Å². The Labute approximate surface area is 89.0 Å². The number of hydrogen-bond donors (Lipinski definition) is 2. The van der Waals surface area contributed by atoms with E-state index in [4.69, 9.17) is 0 Å². The predicted molar refractivity (Wildman–Crippen MR) is 60.1 cm³/mol. The molecule has 1 atom stereocenters. The number of nitrogens with zero attached hydrogens (tertiary/aromatic N) is 1. The monoisotopic (exact) mass is 202 g/mol. The number of rotatable bonds is 4.